The molecule has 0 spiro atoms. The molecule has 1 saturated heterocycles. The number of amides is 2. The lowest BCUT2D eigenvalue weighted by Gasteiger charge is -2.18. The molecule has 2 aromatic rings. The molecule has 1 fully saturated rings. The lowest BCUT2D eigenvalue weighted by Crippen LogP contribution is -2.31. The van der Waals surface area contributed by atoms with Crippen LogP contribution < -0.4 is 4.90 Å². The van der Waals surface area contributed by atoms with Crippen molar-refractivity contribution in [3.63, 3.8) is 0 Å². The first-order valence-electron chi connectivity index (χ1n) is 7.33. The molecule has 23 heavy (non-hydrogen) atoms. The van der Waals surface area contributed by atoms with Crippen LogP contribution in [-0.2, 0) is 16.0 Å². The Hall–Kier alpha value is -1.84. The maximum atomic E-state index is 12.7. The molecular formula is C18H15Cl2NO2. The van der Waals surface area contributed by atoms with Crippen molar-refractivity contribution in [2.75, 3.05) is 4.90 Å². The highest BCUT2D eigenvalue weighted by Crippen LogP contribution is 2.33. The second kappa shape index (κ2) is 6.34. The van der Waals surface area contributed by atoms with Crippen LogP contribution in [0.1, 0.15) is 17.5 Å². The second-order valence-corrected chi connectivity index (χ2v) is 6.53. The van der Waals surface area contributed by atoms with E-state index in [1.807, 2.05) is 19.1 Å². The van der Waals surface area contributed by atoms with Gasteiger partial charge in [0.15, 0.2) is 0 Å². The van der Waals surface area contributed by atoms with Crippen LogP contribution in [0.5, 0.6) is 0 Å². The number of hydrogen-bond donors (Lipinski definition) is 0. The van der Waals surface area contributed by atoms with E-state index in [0.29, 0.717) is 22.2 Å². The third-order valence-electron chi connectivity index (χ3n) is 4.12. The number of halogens is 2. The minimum Gasteiger partial charge on any atom is -0.274 e. The molecule has 1 aliphatic heterocycles. The van der Waals surface area contributed by atoms with Gasteiger partial charge in [-0.3, -0.25) is 9.59 Å². The average molecular weight is 348 g/mol. The van der Waals surface area contributed by atoms with Gasteiger partial charge in [-0.25, -0.2) is 4.90 Å². The van der Waals surface area contributed by atoms with Gasteiger partial charge in [0, 0.05) is 16.5 Å². The van der Waals surface area contributed by atoms with Crippen molar-refractivity contribution in [3.05, 3.63) is 63.6 Å². The number of carbonyl (C=O) groups is 2. The van der Waals surface area contributed by atoms with E-state index >= 15 is 0 Å². The summed E-state index contributed by atoms with van der Waals surface area (Å²) in [5.41, 5.74) is 2.30. The van der Waals surface area contributed by atoms with E-state index in [0.717, 1.165) is 11.1 Å². The molecule has 2 aromatic carbocycles. The predicted octanol–water partition coefficient (Wildman–Crippen LogP) is 4.42. The molecule has 0 aromatic heterocycles. The van der Waals surface area contributed by atoms with Crippen molar-refractivity contribution in [2.45, 2.75) is 19.8 Å². The number of hydrogen-bond acceptors (Lipinski definition) is 2. The second-order valence-electron chi connectivity index (χ2n) is 5.68. The van der Waals surface area contributed by atoms with Crippen molar-refractivity contribution in [3.8, 4) is 0 Å². The Bertz CT molecular complexity index is 771. The fraction of sp³-hybridized carbons (Fsp3) is 0.222. The fourth-order valence-corrected chi connectivity index (χ4v) is 3.15. The third-order valence-corrected chi connectivity index (χ3v) is 4.78. The van der Waals surface area contributed by atoms with E-state index in [-0.39, 0.29) is 24.2 Å². The highest BCUT2D eigenvalue weighted by Gasteiger charge is 2.40. The molecule has 118 valence electrons. The Morgan fingerprint density at radius 2 is 1.78 bits per heavy atom. The average Bonchev–Trinajstić information content (AvgIpc) is 2.79. The number of benzene rings is 2. The van der Waals surface area contributed by atoms with Crippen molar-refractivity contribution in [1.29, 1.82) is 0 Å². The van der Waals surface area contributed by atoms with Crippen LogP contribution in [0.4, 0.5) is 5.69 Å². The van der Waals surface area contributed by atoms with Gasteiger partial charge in [0.1, 0.15) is 0 Å². The molecule has 1 atom stereocenters. The van der Waals surface area contributed by atoms with Gasteiger partial charge in [-0.1, -0.05) is 41.4 Å². The first-order valence-corrected chi connectivity index (χ1v) is 8.09. The highest BCUT2D eigenvalue weighted by molar-refractivity contribution is 6.32. The van der Waals surface area contributed by atoms with Crippen molar-refractivity contribution < 1.29 is 9.59 Å². The lowest BCUT2D eigenvalue weighted by molar-refractivity contribution is -0.122. The van der Waals surface area contributed by atoms with Crippen LogP contribution in [0.25, 0.3) is 0 Å². The van der Waals surface area contributed by atoms with Crippen molar-refractivity contribution >= 4 is 40.7 Å². The number of carbonyl (C=O) groups excluding carboxylic acids is 2. The van der Waals surface area contributed by atoms with E-state index in [9.17, 15) is 9.59 Å². The molecule has 3 nitrogen and oxygen atoms in total. The quantitative estimate of drug-likeness (QED) is 0.770. The summed E-state index contributed by atoms with van der Waals surface area (Å²) in [6.45, 7) is 1.81. The predicted molar refractivity (Wildman–Crippen MR) is 91.9 cm³/mol. The molecular weight excluding hydrogens is 333 g/mol. The van der Waals surface area contributed by atoms with Gasteiger partial charge in [-0.05, 0) is 48.7 Å². The largest absolute Gasteiger partial charge is 0.274 e. The van der Waals surface area contributed by atoms with Crippen LogP contribution in [0.3, 0.4) is 0 Å². The first kappa shape index (κ1) is 16.0. The Labute approximate surface area is 144 Å². The first-order chi connectivity index (χ1) is 11.0. The third kappa shape index (κ3) is 3.12. The Morgan fingerprint density at radius 1 is 1.09 bits per heavy atom. The van der Waals surface area contributed by atoms with Gasteiger partial charge in [0.05, 0.1) is 11.6 Å². The lowest BCUT2D eigenvalue weighted by atomic mass is 9.98. The van der Waals surface area contributed by atoms with Crippen LogP contribution in [0.15, 0.2) is 42.5 Å². The van der Waals surface area contributed by atoms with E-state index in [1.165, 1.54) is 4.90 Å². The topological polar surface area (TPSA) is 37.4 Å². The van der Waals surface area contributed by atoms with Gasteiger partial charge >= 0.3 is 0 Å². The number of nitrogens with zero attached hydrogens (tertiary/aromatic N) is 1. The maximum Gasteiger partial charge on any atom is 0.237 e. The summed E-state index contributed by atoms with van der Waals surface area (Å²) in [5.74, 6) is -0.697. The molecule has 0 saturated carbocycles. The molecule has 0 bridgehead atoms. The molecule has 1 heterocycles. The normalized spacial score (nSPS) is 17.9. The Morgan fingerprint density at radius 3 is 2.48 bits per heavy atom. The summed E-state index contributed by atoms with van der Waals surface area (Å²) in [7, 11) is 0. The van der Waals surface area contributed by atoms with E-state index in [2.05, 4.69) is 0 Å². The SMILES string of the molecule is Cc1c(Cl)cccc1N1C(=O)C[C@H](Cc2ccc(Cl)cc2)C1=O. The molecule has 0 N–H and O–H groups in total. The van der Waals surface area contributed by atoms with Crippen LogP contribution in [0, 0.1) is 12.8 Å². The zero-order chi connectivity index (χ0) is 16.6. The summed E-state index contributed by atoms with van der Waals surface area (Å²) < 4.78 is 0. The van der Waals surface area contributed by atoms with Crippen LogP contribution >= 0.6 is 23.2 Å². The van der Waals surface area contributed by atoms with E-state index in [1.54, 1.807) is 30.3 Å². The molecule has 0 aliphatic carbocycles. The van der Waals surface area contributed by atoms with Gasteiger partial charge in [-0.2, -0.15) is 0 Å². The molecule has 2 amide bonds. The molecule has 3 rings (SSSR count). The fourth-order valence-electron chi connectivity index (χ4n) is 2.85. The van der Waals surface area contributed by atoms with Gasteiger partial charge in [0.2, 0.25) is 11.8 Å². The minimum atomic E-state index is -0.345. The summed E-state index contributed by atoms with van der Waals surface area (Å²) >= 11 is 12.0. The number of anilines is 1. The summed E-state index contributed by atoms with van der Waals surface area (Å²) in [4.78, 5) is 26.3. The van der Waals surface area contributed by atoms with Crippen LogP contribution in [-0.4, -0.2) is 11.8 Å². The van der Waals surface area contributed by atoms with Crippen molar-refractivity contribution in [1.82, 2.24) is 0 Å². The highest BCUT2D eigenvalue weighted by atomic mass is 35.5. The van der Waals surface area contributed by atoms with Gasteiger partial charge < -0.3 is 0 Å². The Balaban J connectivity index is 1.85. The Kier molecular flexibility index (Phi) is 4.42. The smallest absolute Gasteiger partial charge is 0.237 e. The maximum absolute atomic E-state index is 12.7. The summed E-state index contributed by atoms with van der Waals surface area (Å²) in [6.07, 6.45) is 0.741. The standard InChI is InChI=1S/C18H15Cl2NO2/c1-11-15(20)3-2-4-16(11)21-17(22)10-13(18(21)23)9-12-5-7-14(19)8-6-12/h2-8,13H,9-10H2,1H3/t13-/m0/s1. The zero-order valence-corrected chi connectivity index (χ0v) is 14.1. The summed E-state index contributed by atoms with van der Waals surface area (Å²) in [6, 6.07) is 12.6. The number of rotatable bonds is 3. The van der Waals surface area contributed by atoms with Crippen molar-refractivity contribution in [2.24, 2.45) is 5.92 Å². The molecule has 0 radical (unpaired) electrons. The van der Waals surface area contributed by atoms with Gasteiger partial charge in [0.25, 0.3) is 0 Å². The van der Waals surface area contributed by atoms with E-state index < -0.39 is 0 Å². The monoisotopic (exact) mass is 347 g/mol. The molecule has 5 heteroatoms. The van der Waals surface area contributed by atoms with E-state index in [4.69, 9.17) is 23.2 Å². The number of imide groups is 1. The molecule has 0 unspecified atom stereocenters. The zero-order valence-electron chi connectivity index (χ0n) is 12.6. The summed E-state index contributed by atoms with van der Waals surface area (Å²) in [5, 5.41) is 1.20. The minimum absolute atomic E-state index is 0.171. The molecule has 1 aliphatic rings. The van der Waals surface area contributed by atoms with Crippen LogP contribution in [0.2, 0.25) is 10.0 Å². The van der Waals surface area contributed by atoms with Gasteiger partial charge in [-0.15, -0.1) is 0 Å².